The van der Waals surface area contributed by atoms with Gasteiger partial charge in [-0.3, -0.25) is 4.79 Å². The Labute approximate surface area is 207 Å². The maximum absolute atomic E-state index is 13.7. The number of rotatable bonds is 2. The number of aliphatic hydroxyl groups excluding tert-OH is 1. The third-order valence-electron chi connectivity index (χ3n) is 11.0. The lowest BCUT2D eigenvalue weighted by atomic mass is 9.39. The van der Waals surface area contributed by atoms with Crippen LogP contribution in [0.5, 0.6) is 0 Å². The third-order valence-corrected chi connectivity index (χ3v) is 11.0. The van der Waals surface area contributed by atoms with E-state index in [1.807, 2.05) is 0 Å². The van der Waals surface area contributed by atoms with Crippen LogP contribution in [0.2, 0.25) is 0 Å². The zero-order valence-corrected chi connectivity index (χ0v) is 21.6. The molecule has 0 radical (unpaired) electrons. The monoisotopic (exact) mass is 481 g/mol. The van der Waals surface area contributed by atoms with E-state index in [9.17, 15) is 15.0 Å². The first kappa shape index (κ1) is 23.5. The van der Waals surface area contributed by atoms with Gasteiger partial charge in [-0.15, -0.1) is 0 Å². The quantitative estimate of drug-likeness (QED) is 0.558. The van der Waals surface area contributed by atoms with E-state index < -0.39 is 29.3 Å². The Balaban J connectivity index is 1.50. The molecule has 2 aromatic rings. The molecule has 0 bridgehead atoms. The summed E-state index contributed by atoms with van der Waals surface area (Å²) < 4.78 is 11.9. The average Bonchev–Trinajstić information content (AvgIpc) is 3.32. The molecule has 8 atom stereocenters. The molecule has 6 nitrogen and oxygen atoms in total. The van der Waals surface area contributed by atoms with Crippen molar-refractivity contribution in [3.63, 3.8) is 0 Å². The molecule has 3 fully saturated rings. The highest BCUT2D eigenvalue weighted by Gasteiger charge is 2.73. The lowest BCUT2D eigenvalue weighted by molar-refractivity contribution is -0.284. The predicted octanol–water partition coefficient (Wildman–Crippen LogP) is 4.26. The highest BCUT2D eigenvalue weighted by atomic mass is 16.5. The van der Waals surface area contributed by atoms with E-state index in [4.69, 9.17) is 9.47 Å². The first-order valence-corrected chi connectivity index (χ1v) is 13.2. The zero-order chi connectivity index (χ0) is 25.0. The second-order valence-electron chi connectivity index (χ2n) is 12.7. The molecule has 2 saturated carbocycles. The molecule has 3 N–H and O–H groups in total. The second-order valence-corrected chi connectivity index (χ2v) is 12.7. The Morgan fingerprint density at radius 3 is 2.66 bits per heavy atom. The molecule has 3 aliphatic carbocycles. The van der Waals surface area contributed by atoms with Crippen molar-refractivity contribution in [3.8, 4) is 0 Å². The number of carbonyl (C=O) groups excluding carboxylic acids is 1. The standard InChI is InChI=1S/C29H39NO5/c1-26(2,33)23-15-21(31)29(25(32)34-5)20-11-10-16-14-18-17-8-6-7-9-19(17)30-24(18)28(16,4)27(20,3)13-12-22(29)35-23/h6-9,16,20-23,30-31,33H,10-15H2,1-5H3/t16-,20?,21?,22?,23?,27-,28+,29?/m0/s1. The number of hydrogen-bond donors (Lipinski definition) is 3. The molecule has 1 aliphatic heterocycles. The molecule has 6 heteroatoms. The fourth-order valence-electron chi connectivity index (χ4n) is 9.12. The van der Waals surface area contributed by atoms with Crippen LogP contribution in [0.15, 0.2) is 24.3 Å². The molecule has 2 heterocycles. The number of carbonyl (C=O) groups is 1. The van der Waals surface area contributed by atoms with Gasteiger partial charge in [-0.1, -0.05) is 32.0 Å². The molecule has 1 aromatic heterocycles. The maximum Gasteiger partial charge on any atom is 0.317 e. The van der Waals surface area contributed by atoms with Gasteiger partial charge in [-0.25, -0.2) is 0 Å². The Bertz CT molecular complexity index is 1180. The summed E-state index contributed by atoms with van der Waals surface area (Å²) in [5, 5.41) is 23.8. The topological polar surface area (TPSA) is 91.8 Å². The van der Waals surface area contributed by atoms with Crippen molar-refractivity contribution in [2.24, 2.45) is 22.7 Å². The molecule has 5 unspecified atom stereocenters. The summed E-state index contributed by atoms with van der Waals surface area (Å²) >= 11 is 0. The molecule has 6 rings (SSSR count). The number of ether oxygens (including phenoxy) is 2. The Morgan fingerprint density at radius 1 is 1.20 bits per heavy atom. The molecule has 1 aromatic carbocycles. The van der Waals surface area contributed by atoms with Crippen LogP contribution in [-0.4, -0.2) is 52.2 Å². The minimum Gasteiger partial charge on any atom is -0.468 e. The van der Waals surface area contributed by atoms with Crippen molar-refractivity contribution >= 4 is 16.9 Å². The van der Waals surface area contributed by atoms with Gasteiger partial charge in [0.05, 0.1) is 31.0 Å². The summed E-state index contributed by atoms with van der Waals surface area (Å²) in [6.07, 6.45) is 2.75. The smallest absolute Gasteiger partial charge is 0.317 e. The van der Waals surface area contributed by atoms with E-state index in [1.165, 1.54) is 29.3 Å². The fraction of sp³-hybridized carbons (Fsp3) is 0.690. The van der Waals surface area contributed by atoms with Gasteiger partial charge in [0.25, 0.3) is 0 Å². The normalized spacial score (nSPS) is 42.7. The number of aliphatic hydroxyl groups is 2. The number of nitrogens with one attached hydrogen (secondary N) is 1. The van der Waals surface area contributed by atoms with Crippen LogP contribution in [0.4, 0.5) is 0 Å². The van der Waals surface area contributed by atoms with Gasteiger partial charge in [-0.2, -0.15) is 0 Å². The van der Waals surface area contributed by atoms with Crippen LogP contribution in [0.1, 0.15) is 71.1 Å². The number of hydrogen-bond acceptors (Lipinski definition) is 5. The predicted molar refractivity (Wildman–Crippen MR) is 133 cm³/mol. The molecule has 190 valence electrons. The molecule has 35 heavy (non-hydrogen) atoms. The van der Waals surface area contributed by atoms with E-state index in [2.05, 4.69) is 43.1 Å². The van der Waals surface area contributed by atoms with Crippen molar-refractivity contribution < 1.29 is 24.5 Å². The summed E-state index contributed by atoms with van der Waals surface area (Å²) in [5.74, 6) is 0.0428. The molecule has 0 amide bonds. The van der Waals surface area contributed by atoms with E-state index in [-0.39, 0.29) is 29.1 Å². The van der Waals surface area contributed by atoms with Crippen LogP contribution in [0, 0.1) is 22.7 Å². The van der Waals surface area contributed by atoms with Gasteiger partial charge in [0.2, 0.25) is 0 Å². The maximum atomic E-state index is 13.7. The van der Waals surface area contributed by atoms with Crippen LogP contribution < -0.4 is 0 Å². The summed E-state index contributed by atoms with van der Waals surface area (Å²) in [6.45, 7) is 8.17. The van der Waals surface area contributed by atoms with Crippen molar-refractivity contribution in [2.45, 2.75) is 95.5 Å². The lowest BCUT2D eigenvalue weighted by Gasteiger charge is -2.67. The average molecular weight is 482 g/mol. The Hall–Kier alpha value is -1.89. The minimum atomic E-state index is -1.13. The second kappa shape index (κ2) is 7.33. The number of methoxy groups -OCH3 is 1. The van der Waals surface area contributed by atoms with E-state index >= 15 is 0 Å². The van der Waals surface area contributed by atoms with Gasteiger partial charge in [0.15, 0.2) is 0 Å². The molecule has 1 saturated heterocycles. The minimum absolute atomic E-state index is 0.0856. The molecular weight excluding hydrogens is 442 g/mol. The van der Waals surface area contributed by atoms with Crippen molar-refractivity contribution in [1.82, 2.24) is 4.98 Å². The van der Waals surface area contributed by atoms with Gasteiger partial charge < -0.3 is 24.7 Å². The van der Waals surface area contributed by atoms with Gasteiger partial charge >= 0.3 is 5.97 Å². The Kier molecular flexibility index (Phi) is 4.92. The Morgan fingerprint density at radius 2 is 1.94 bits per heavy atom. The van der Waals surface area contributed by atoms with Gasteiger partial charge in [0, 0.05) is 28.4 Å². The zero-order valence-electron chi connectivity index (χ0n) is 21.6. The van der Waals surface area contributed by atoms with Crippen LogP contribution >= 0.6 is 0 Å². The molecule has 0 spiro atoms. The third kappa shape index (κ3) is 2.74. The van der Waals surface area contributed by atoms with Crippen molar-refractivity contribution in [2.75, 3.05) is 7.11 Å². The molecular formula is C29H39NO5. The first-order chi connectivity index (χ1) is 16.5. The summed E-state index contributed by atoms with van der Waals surface area (Å²) in [7, 11) is 1.42. The van der Waals surface area contributed by atoms with E-state index in [1.54, 1.807) is 13.8 Å². The number of para-hydroxylation sites is 1. The summed E-state index contributed by atoms with van der Waals surface area (Å²) in [6, 6.07) is 8.55. The van der Waals surface area contributed by atoms with Crippen LogP contribution in [0.3, 0.4) is 0 Å². The highest BCUT2D eigenvalue weighted by Crippen LogP contribution is 2.71. The highest BCUT2D eigenvalue weighted by molar-refractivity contribution is 5.86. The molecule has 4 aliphatic rings. The lowest BCUT2D eigenvalue weighted by Crippen LogP contribution is -2.72. The number of benzene rings is 1. The number of esters is 1. The summed E-state index contributed by atoms with van der Waals surface area (Å²) in [5.41, 5.74) is 1.31. The van der Waals surface area contributed by atoms with Crippen molar-refractivity contribution in [3.05, 3.63) is 35.5 Å². The van der Waals surface area contributed by atoms with E-state index in [0.29, 0.717) is 12.3 Å². The number of aromatic nitrogens is 1. The van der Waals surface area contributed by atoms with E-state index in [0.717, 1.165) is 25.7 Å². The first-order valence-electron chi connectivity index (χ1n) is 13.2. The van der Waals surface area contributed by atoms with Gasteiger partial charge in [-0.05, 0) is 74.8 Å². The largest absolute Gasteiger partial charge is 0.468 e. The summed E-state index contributed by atoms with van der Waals surface area (Å²) in [4.78, 5) is 17.5. The number of aromatic amines is 1. The number of H-pyrrole nitrogens is 1. The SMILES string of the molecule is COC(=O)C12C(O)CC(C(C)(C)O)OC1CC[C@@]1(C)C2CC[C@H]2Cc3c([nH]c4ccccc34)[C@@]21C. The van der Waals surface area contributed by atoms with Crippen LogP contribution in [0.25, 0.3) is 10.9 Å². The van der Waals surface area contributed by atoms with Gasteiger partial charge in [0.1, 0.15) is 5.41 Å². The fourth-order valence-corrected chi connectivity index (χ4v) is 9.12. The van der Waals surface area contributed by atoms with Crippen molar-refractivity contribution in [1.29, 1.82) is 0 Å². The van der Waals surface area contributed by atoms with Crippen LogP contribution in [-0.2, 0) is 26.1 Å². The number of fused-ring (bicyclic) bond motifs is 9.